The third-order valence-electron chi connectivity index (χ3n) is 4.20. The van der Waals surface area contributed by atoms with Gasteiger partial charge in [0, 0.05) is 27.2 Å². The molecular weight excluding hydrogens is 427 g/mol. The van der Waals surface area contributed by atoms with Gasteiger partial charge in [0.25, 0.3) is 0 Å². The van der Waals surface area contributed by atoms with Crippen LogP contribution in [0.1, 0.15) is 32.4 Å². The van der Waals surface area contributed by atoms with Gasteiger partial charge in [0.15, 0.2) is 5.96 Å². The van der Waals surface area contributed by atoms with Crippen LogP contribution < -0.4 is 10.6 Å². The molecule has 0 spiro atoms. The summed E-state index contributed by atoms with van der Waals surface area (Å²) in [5, 5.41) is 6.79. The van der Waals surface area contributed by atoms with Crippen molar-refractivity contribution in [1.29, 1.82) is 0 Å². The number of halogens is 1. The van der Waals surface area contributed by atoms with Crippen LogP contribution in [0.2, 0.25) is 0 Å². The molecule has 0 heterocycles. The van der Waals surface area contributed by atoms with Gasteiger partial charge in [-0.05, 0) is 25.1 Å². The fourth-order valence-electron chi connectivity index (χ4n) is 2.62. The van der Waals surface area contributed by atoms with E-state index in [4.69, 9.17) is 4.74 Å². The number of hydrogen-bond acceptors (Lipinski definition) is 3. The predicted octanol–water partition coefficient (Wildman–Crippen LogP) is 3.13. The molecule has 25 heavy (non-hydrogen) atoms. The van der Waals surface area contributed by atoms with Crippen molar-refractivity contribution in [3.63, 3.8) is 0 Å². The number of guanidine groups is 1. The lowest BCUT2D eigenvalue weighted by Gasteiger charge is -2.30. The van der Waals surface area contributed by atoms with Crippen molar-refractivity contribution in [1.82, 2.24) is 15.5 Å². The van der Waals surface area contributed by atoms with Crippen LogP contribution in [-0.4, -0.2) is 58.3 Å². The summed E-state index contributed by atoms with van der Waals surface area (Å²) in [6.45, 7) is 8.03. The second kappa shape index (κ2) is 11.7. The van der Waals surface area contributed by atoms with Crippen LogP contribution in [0.25, 0.3) is 0 Å². The van der Waals surface area contributed by atoms with Gasteiger partial charge < -0.3 is 20.3 Å². The number of nitrogens with zero attached hydrogens (tertiary/aromatic N) is 2. The van der Waals surface area contributed by atoms with E-state index >= 15 is 0 Å². The quantitative estimate of drug-likeness (QED) is 0.372. The molecule has 0 aromatic heterocycles. The molecule has 6 heteroatoms. The molecule has 0 bridgehead atoms. The first-order valence-corrected chi connectivity index (χ1v) is 8.48. The van der Waals surface area contributed by atoms with Crippen LogP contribution in [0.15, 0.2) is 35.3 Å². The molecule has 0 fully saturated rings. The van der Waals surface area contributed by atoms with E-state index in [-0.39, 0.29) is 41.5 Å². The van der Waals surface area contributed by atoms with Crippen molar-refractivity contribution in [2.24, 2.45) is 10.4 Å². The van der Waals surface area contributed by atoms with Crippen molar-refractivity contribution in [3.05, 3.63) is 35.9 Å². The molecule has 0 aliphatic rings. The lowest BCUT2D eigenvalue weighted by molar-refractivity contribution is 0.0205. The third kappa shape index (κ3) is 8.37. The minimum Gasteiger partial charge on any atom is -0.379 e. The van der Waals surface area contributed by atoms with Gasteiger partial charge in [-0.15, -0.1) is 24.0 Å². The van der Waals surface area contributed by atoms with Crippen LogP contribution in [0.4, 0.5) is 0 Å². The molecule has 0 amide bonds. The second-order valence-corrected chi connectivity index (χ2v) is 7.31. The van der Waals surface area contributed by atoms with E-state index in [9.17, 15) is 0 Å². The maximum Gasteiger partial charge on any atom is 0.191 e. The van der Waals surface area contributed by atoms with Crippen molar-refractivity contribution in [2.75, 3.05) is 41.3 Å². The van der Waals surface area contributed by atoms with E-state index in [0.717, 1.165) is 19.0 Å². The highest BCUT2D eigenvalue weighted by Crippen LogP contribution is 2.21. The first-order valence-electron chi connectivity index (χ1n) is 8.48. The van der Waals surface area contributed by atoms with Gasteiger partial charge in [0.2, 0.25) is 0 Å². The van der Waals surface area contributed by atoms with E-state index in [2.05, 4.69) is 79.7 Å². The minimum absolute atomic E-state index is 0. The summed E-state index contributed by atoms with van der Waals surface area (Å²) in [5.41, 5.74) is 1.37. The van der Waals surface area contributed by atoms with E-state index in [1.165, 1.54) is 5.56 Å². The highest BCUT2D eigenvalue weighted by atomic mass is 127. The number of rotatable bonds is 7. The van der Waals surface area contributed by atoms with Gasteiger partial charge in [0.05, 0.1) is 12.1 Å². The Hall–Kier alpha value is -0.860. The number of aliphatic imine (C=N–C) groups is 1. The highest BCUT2D eigenvalue weighted by Gasteiger charge is 2.24. The summed E-state index contributed by atoms with van der Waals surface area (Å²) in [6, 6.07) is 10.8. The molecule has 0 saturated heterocycles. The van der Waals surface area contributed by atoms with Gasteiger partial charge in [0.1, 0.15) is 0 Å². The van der Waals surface area contributed by atoms with Crippen LogP contribution in [-0.2, 0) is 4.74 Å². The molecule has 0 aliphatic heterocycles. The zero-order valence-corrected chi connectivity index (χ0v) is 19.0. The molecule has 1 aromatic rings. The smallest absolute Gasteiger partial charge is 0.191 e. The topological polar surface area (TPSA) is 48.9 Å². The van der Waals surface area contributed by atoms with E-state index < -0.39 is 0 Å². The summed E-state index contributed by atoms with van der Waals surface area (Å²) >= 11 is 0. The summed E-state index contributed by atoms with van der Waals surface area (Å²) in [5.74, 6) is 0.795. The molecule has 5 nitrogen and oxygen atoms in total. The van der Waals surface area contributed by atoms with Crippen LogP contribution in [0.5, 0.6) is 0 Å². The van der Waals surface area contributed by atoms with E-state index in [1.807, 2.05) is 6.07 Å². The van der Waals surface area contributed by atoms with Gasteiger partial charge in [-0.3, -0.25) is 4.99 Å². The fraction of sp³-hybridized carbons (Fsp3) is 0.632. The average molecular weight is 462 g/mol. The first kappa shape index (κ1) is 24.1. The SMILES string of the molecule is CN=C(NCC(c1ccccc1)N(C)C)NCC(OC)C(C)(C)C.I. The number of benzene rings is 1. The Kier molecular flexibility index (Phi) is 11.3. The molecule has 0 aliphatic carbocycles. The highest BCUT2D eigenvalue weighted by molar-refractivity contribution is 14.0. The Balaban J connectivity index is 0.00000576. The second-order valence-electron chi connectivity index (χ2n) is 7.31. The summed E-state index contributed by atoms with van der Waals surface area (Å²) < 4.78 is 5.59. The molecule has 1 aromatic carbocycles. The molecule has 2 N–H and O–H groups in total. The molecule has 0 radical (unpaired) electrons. The van der Waals surface area contributed by atoms with Crippen molar-refractivity contribution < 1.29 is 4.74 Å². The average Bonchev–Trinajstić information content (AvgIpc) is 2.53. The van der Waals surface area contributed by atoms with Gasteiger partial charge in [-0.1, -0.05) is 51.1 Å². The zero-order chi connectivity index (χ0) is 18.2. The monoisotopic (exact) mass is 462 g/mol. The van der Waals surface area contributed by atoms with Crippen LogP contribution in [0.3, 0.4) is 0 Å². The Morgan fingerprint density at radius 3 is 2.12 bits per heavy atom. The van der Waals surface area contributed by atoms with Crippen LogP contribution >= 0.6 is 24.0 Å². The molecule has 2 atom stereocenters. The summed E-state index contributed by atoms with van der Waals surface area (Å²) in [6.07, 6.45) is 0.120. The third-order valence-corrected chi connectivity index (χ3v) is 4.20. The molecule has 2 unspecified atom stereocenters. The predicted molar refractivity (Wildman–Crippen MR) is 118 cm³/mol. The summed E-state index contributed by atoms with van der Waals surface area (Å²) in [4.78, 5) is 6.53. The number of methoxy groups -OCH3 is 1. The molecule has 1 rings (SSSR count). The number of likely N-dealkylation sites (N-methyl/N-ethyl adjacent to an activating group) is 1. The van der Waals surface area contributed by atoms with Gasteiger partial charge in [-0.2, -0.15) is 0 Å². The lowest BCUT2D eigenvalue weighted by atomic mass is 9.89. The Morgan fingerprint density at radius 2 is 1.68 bits per heavy atom. The molecule has 0 saturated carbocycles. The van der Waals surface area contributed by atoms with Gasteiger partial charge >= 0.3 is 0 Å². The van der Waals surface area contributed by atoms with E-state index in [1.54, 1.807) is 14.2 Å². The number of hydrogen-bond donors (Lipinski definition) is 2. The first-order chi connectivity index (χ1) is 11.3. The Bertz CT molecular complexity index is 500. The summed E-state index contributed by atoms with van der Waals surface area (Å²) in [7, 11) is 7.73. The maximum absolute atomic E-state index is 5.59. The fourth-order valence-corrected chi connectivity index (χ4v) is 2.62. The largest absolute Gasteiger partial charge is 0.379 e. The van der Waals surface area contributed by atoms with Crippen molar-refractivity contribution in [2.45, 2.75) is 32.9 Å². The van der Waals surface area contributed by atoms with Crippen LogP contribution in [0, 0.1) is 5.41 Å². The molecular formula is C19H35IN4O. The van der Waals surface area contributed by atoms with Crippen molar-refractivity contribution >= 4 is 29.9 Å². The van der Waals surface area contributed by atoms with Crippen molar-refractivity contribution in [3.8, 4) is 0 Å². The lowest BCUT2D eigenvalue weighted by Crippen LogP contribution is -2.47. The Morgan fingerprint density at radius 1 is 1.12 bits per heavy atom. The zero-order valence-electron chi connectivity index (χ0n) is 16.7. The number of nitrogens with one attached hydrogen (secondary N) is 2. The van der Waals surface area contributed by atoms with Gasteiger partial charge in [-0.25, -0.2) is 0 Å². The minimum atomic E-state index is 0. The van der Waals surface area contributed by atoms with E-state index in [0.29, 0.717) is 0 Å². The normalized spacial score (nSPS) is 14.6. The standard InChI is InChI=1S/C19H34N4O.HI/c1-19(2,3)17(24-7)14-22-18(20-4)21-13-16(23(5)6)15-11-9-8-10-12-15;/h8-12,16-17H,13-14H2,1-7H3,(H2,20,21,22);1H. The maximum atomic E-state index is 5.59. The number of ether oxygens (including phenoxy) is 1. The Labute approximate surface area is 170 Å². The molecule has 144 valence electrons.